The van der Waals surface area contributed by atoms with Crippen molar-refractivity contribution in [3.05, 3.63) is 33.6 Å². The molecule has 0 aliphatic carbocycles. The summed E-state index contributed by atoms with van der Waals surface area (Å²) >= 11 is 0. The van der Waals surface area contributed by atoms with Gasteiger partial charge in [-0.05, 0) is 12.5 Å². The van der Waals surface area contributed by atoms with Crippen molar-refractivity contribution in [2.24, 2.45) is 0 Å². The Bertz CT molecular complexity index is 352. The van der Waals surface area contributed by atoms with Crippen molar-refractivity contribution in [3.63, 3.8) is 0 Å². The molecule has 1 aromatic rings. The molecule has 0 saturated heterocycles. The van der Waals surface area contributed by atoms with Crippen LogP contribution < -0.4 is 5.32 Å². The smallest absolute Gasteiger partial charge is 0.305 e. The SMILES string of the molecule is CNc1cc(F)c([N+](=O)[O-])cc1C. The number of benzene rings is 1. The molecule has 0 heterocycles. The van der Waals surface area contributed by atoms with Gasteiger partial charge in [-0.2, -0.15) is 4.39 Å². The van der Waals surface area contributed by atoms with Gasteiger partial charge in [0.2, 0.25) is 5.82 Å². The zero-order valence-electron chi connectivity index (χ0n) is 7.30. The van der Waals surface area contributed by atoms with Gasteiger partial charge in [0.15, 0.2) is 0 Å². The van der Waals surface area contributed by atoms with Crippen LogP contribution in [0.5, 0.6) is 0 Å². The Morgan fingerprint density at radius 1 is 1.54 bits per heavy atom. The van der Waals surface area contributed by atoms with Gasteiger partial charge in [0, 0.05) is 24.9 Å². The lowest BCUT2D eigenvalue weighted by atomic mass is 10.1. The third kappa shape index (κ3) is 1.74. The highest BCUT2D eigenvalue weighted by Crippen LogP contribution is 2.24. The van der Waals surface area contributed by atoms with E-state index in [1.54, 1.807) is 14.0 Å². The van der Waals surface area contributed by atoms with Gasteiger partial charge in [-0.1, -0.05) is 0 Å². The van der Waals surface area contributed by atoms with Crippen LogP contribution in [0.3, 0.4) is 0 Å². The van der Waals surface area contributed by atoms with E-state index in [1.807, 2.05) is 0 Å². The van der Waals surface area contributed by atoms with Gasteiger partial charge in [0.05, 0.1) is 4.92 Å². The monoisotopic (exact) mass is 184 g/mol. The number of hydrogen-bond acceptors (Lipinski definition) is 3. The fourth-order valence-corrected chi connectivity index (χ4v) is 1.08. The van der Waals surface area contributed by atoms with Crippen LogP contribution in [0.25, 0.3) is 0 Å². The first kappa shape index (κ1) is 9.44. The minimum atomic E-state index is -0.819. The number of nitrogens with zero attached hydrogens (tertiary/aromatic N) is 1. The maximum Gasteiger partial charge on any atom is 0.305 e. The first-order valence-electron chi connectivity index (χ1n) is 3.68. The topological polar surface area (TPSA) is 55.2 Å². The molecular weight excluding hydrogens is 175 g/mol. The van der Waals surface area contributed by atoms with E-state index in [-0.39, 0.29) is 0 Å². The number of aryl methyl sites for hydroxylation is 1. The van der Waals surface area contributed by atoms with Gasteiger partial charge >= 0.3 is 5.69 Å². The quantitative estimate of drug-likeness (QED) is 0.565. The van der Waals surface area contributed by atoms with E-state index in [4.69, 9.17) is 0 Å². The van der Waals surface area contributed by atoms with E-state index in [0.717, 1.165) is 6.07 Å². The lowest BCUT2D eigenvalue weighted by molar-refractivity contribution is -0.387. The van der Waals surface area contributed by atoms with E-state index in [1.165, 1.54) is 6.07 Å². The molecule has 5 heteroatoms. The van der Waals surface area contributed by atoms with Crippen LogP contribution in [0.2, 0.25) is 0 Å². The van der Waals surface area contributed by atoms with Crippen LogP contribution in [0.4, 0.5) is 15.8 Å². The number of anilines is 1. The Morgan fingerprint density at radius 2 is 2.15 bits per heavy atom. The lowest BCUT2D eigenvalue weighted by Crippen LogP contribution is -1.97. The number of hydrogen-bond donors (Lipinski definition) is 1. The zero-order valence-corrected chi connectivity index (χ0v) is 7.30. The molecule has 0 fully saturated rings. The largest absolute Gasteiger partial charge is 0.388 e. The zero-order chi connectivity index (χ0) is 10.0. The lowest BCUT2D eigenvalue weighted by Gasteiger charge is -2.04. The van der Waals surface area contributed by atoms with Crippen LogP contribution in [0.1, 0.15) is 5.56 Å². The fourth-order valence-electron chi connectivity index (χ4n) is 1.08. The molecular formula is C8H9FN2O2. The fraction of sp³-hybridized carbons (Fsp3) is 0.250. The number of nitrogens with one attached hydrogen (secondary N) is 1. The predicted octanol–water partition coefficient (Wildman–Crippen LogP) is 2.08. The highest BCUT2D eigenvalue weighted by Gasteiger charge is 2.15. The van der Waals surface area contributed by atoms with E-state index in [2.05, 4.69) is 5.32 Å². The number of nitro benzene ring substituents is 1. The molecule has 13 heavy (non-hydrogen) atoms. The average molecular weight is 184 g/mol. The summed E-state index contributed by atoms with van der Waals surface area (Å²) < 4.78 is 13.0. The molecule has 70 valence electrons. The van der Waals surface area contributed by atoms with Gasteiger partial charge < -0.3 is 5.32 Å². The molecule has 0 aliphatic heterocycles. The molecule has 1 N–H and O–H groups in total. The highest BCUT2D eigenvalue weighted by atomic mass is 19.1. The Balaban J connectivity index is 3.28. The van der Waals surface area contributed by atoms with Crippen molar-refractivity contribution in [2.75, 3.05) is 12.4 Å². The van der Waals surface area contributed by atoms with Gasteiger partial charge in [0.1, 0.15) is 0 Å². The standard InChI is InChI=1S/C8H9FN2O2/c1-5-3-8(11(12)13)6(9)4-7(5)10-2/h3-4,10H,1-2H3. The van der Waals surface area contributed by atoms with E-state index >= 15 is 0 Å². The molecule has 1 rings (SSSR count). The summed E-state index contributed by atoms with van der Waals surface area (Å²) in [4.78, 5) is 9.58. The highest BCUT2D eigenvalue weighted by molar-refractivity contribution is 5.55. The molecule has 0 spiro atoms. The molecule has 0 amide bonds. The van der Waals surface area contributed by atoms with Crippen molar-refractivity contribution < 1.29 is 9.31 Å². The van der Waals surface area contributed by atoms with Crippen LogP contribution in [0, 0.1) is 22.9 Å². The van der Waals surface area contributed by atoms with Crippen LogP contribution in [-0.4, -0.2) is 12.0 Å². The third-order valence-electron chi connectivity index (χ3n) is 1.76. The summed E-state index contributed by atoms with van der Waals surface area (Å²) in [5, 5.41) is 13.1. The summed E-state index contributed by atoms with van der Waals surface area (Å²) in [5.74, 6) is -0.819. The van der Waals surface area contributed by atoms with Gasteiger partial charge in [0.25, 0.3) is 0 Å². The third-order valence-corrected chi connectivity index (χ3v) is 1.76. The molecule has 1 aromatic carbocycles. The van der Waals surface area contributed by atoms with Crippen molar-refractivity contribution in [1.29, 1.82) is 0 Å². The second-order valence-corrected chi connectivity index (χ2v) is 2.63. The van der Waals surface area contributed by atoms with Crippen molar-refractivity contribution in [3.8, 4) is 0 Å². The summed E-state index contributed by atoms with van der Waals surface area (Å²) in [7, 11) is 1.63. The maximum atomic E-state index is 13.0. The molecule has 0 aliphatic rings. The average Bonchev–Trinajstić information content (AvgIpc) is 2.07. The number of halogens is 1. The molecule has 0 atom stereocenters. The number of nitro groups is 1. The number of rotatable bonds is 2. The van der Waals surface area contributed by atoms with E-state index < -0.39 is 16.4 Å². The summed E-state index contributed by atoms with van der Waals surface area (Å²) in [6.45, 7) is 1.68. The summed E-state index contributed by atoms with van der Waals surface area (Å²) in [6.07, 6.45) is 0. The molecule has 0 aromatic heterocycles. The Morgan fingerprint density at radius 3 is 2.62 bits per heavy atom. The Kier molecular flexibility index (Phi) is 2.46. The van der Waals surface area contributed by atoms with E-state index in [9.17, 15) is 14.5 Å². The summed E-state index contributed by atoms with van der Waals surface area (Å²) in [5.41, 5.74) is 0.718. The van der Waals surface area contributed by atoms with Gasteiger partial charge in [-0.25, -0.2) is 0 Å². The van der Waals surface area contributed by atoms with Crippen LogP contribution >= 0.6 is 0 Å². The molecule has 4 nitrogen and oxygen atoms in total. The molecule has 0 saturated carbocycles. The normalized spacial score (nSPS) is 9.77. The molecule has 0 bridgehead atoms. The van der Waals surface area contributed by atoms with Crippen LogP contribution in [0.15, 0.2) is 12.1 Å². The predicted molar refractivity (Wildman–Crippen MR) is 47.3 cm³/mol. The van der Waals surface area contributed by atoms with Gasteiger partial charge in [-0.3, -0.25) is 10.1 Å². The Hall–Kier alpha value is -1.65. The first-order chi connectivity index (χ1) is 6.06. The molecule has 0 radical (unpaired) electrons. The first-order valence-corrected chi connectivity index (χ1v) is 3.68. The van der Waals surface area contributed by atoms with E-state index in [0.29, 0.717) is 11.3 Å². The Labute approximate surface area is 74.5 Å². The second kappa shape index (κ2) is 3.38. The van der Waals surface area contributed by atoms with Crippen molar-refractivity contribution in [2.45, 2.75) is 6.92 Å². The van der Waals surface area contributed by atoms with Crippen molar-refractivity contribution in [1.82, 2.24) is 0 Å². The maximum absolute atomic E-state index is 13.0. The van der Waals surface area contributed by atoms with Crippen molar-refractivity contribution >= 4 is 11.4 Å². The minimum Gasteiger partial charge on any atom is -0.388 e. The van der Waals surface area contributed by atoms with Crippen LogP contribution in [-0.2, 0) is 0 Å². The summed E-state index contributed by atoms with van der Waals surface area (Å²) in [6, 6.07) is 2.33. The molecule has 0 unspecified atom stereocenters. The van der Waals surface area contributed by atoms with Gasteiger partial charge in [-0.15, -0.1) is 0 Å². The second-order valence-electron chi connectivity index (χ2n) is 2.63. The minimum absolute atomic E-state index is 0.489.